The Labute approximate surface area is 178 Å². The molecule has 7 nitrogen and oxygen atoms in total. The smallest absolute Gasteiger partial charge is 0.191 e. The minimum Gasteiger partial charge on any atom is -0.396 e. The van der Waals surface area contributed by atoms with E-state index in [2.05, 4.69) is 39.6 Å². The lowest BCUT2D eigenvalue weighted by molar-refractivity contribution is 0.251. The van der Waals surface area contributed by atoms with Crippen LogP contribution in [0.15, 0.2) is 41.8 Å². The number of pyridine rings is 1. The maximum absolute atomic E-state index is 9.20. The zero-order valence-corrected chi connectivity index (χ0v) is 18.5. The third-order valence-corrected chi connectivity index (χ3v) is 4.11. The predicted molar refractivity (Wildman–Crippen MR) is 120 cm³/mol. The second kappa shape index (κ2) is 13.5. The van der Waals surface area contributed by atoms with E-state index in [4.69, 9.17) is 0 Å². The second-order valence-corrected chi connectivity index (χ2v) is 6.22. The Balaban J connectivity index is 0.00000364. The standard InChI is InChI=1S/C19H30N6O.HI/c1-3-6-16(8-12-26)14-22-19(20-4-2)23-15-17-7-10-21-18(13-17)25-11-5-9-24-25;/h5,7,9-11,13,16,26H,3-4,6,8,12,14-15H2,1-2H3,(H2,20,22,23);1H. The summed E-state index contributed by atoms with van der Waals surface area (Å²) in [6, 6.07) is 5.83. The molecule has 0 fully saturated rings. The molecule has 150 valence electrons. The molecule has 2 rings (SSSR count). The largest absolute Gasteiger partial charge is 0.396 e. The molecule has 0 aliphatic carbocycles. The van der Waals surface area contributed by atoms with Gasteiger partial charge in [-0.15, -0.1) is 24.0 Å². The Hall–Kier alpha value is -1.68. The van der Waals surface area contributed by atoms with Gasteiger partial charge in [0.2, 0.25) is 0 Å². The van der Waals surface area contributed by atoms with Gasteiger partial charge in [0, 0.05) is 38.3 Å². The number of aliphatic hydroxyl groups is 1. The summed E-state index contributed by atoms with van der Waals surface area (Å²) >= 11 is 0. The highest BCUT2D eigenvalue weighted by Crippen LogP contribution is 2.10. The molecule has 0 saturated carbocycles. The van der Waals surface area contributed by atoms with Crippen LogP contribution in [0.2, 0.25) is 0 Å². The molecule has 1 unspecified atom stereocenters. The summed E-state index contributed by atoms with van der Waals surface area (Å²) in [5, 5.41) is 20.1. The van der Waals surface area contributed by atoms with Gasteiger partial charge in [0.1, 0.15) is 0 Å². The third-order valence-electron chi connectivity index (χ3n) is 4.11. The second-order valence-electron chi connectivity index (χ2n) is 6.22. The van der Waals surface area contributed by atoms with E-state index < -0.39 is 0 Å². The first-order valence-corrected chi connectivity index (χ1v) is 9.34. The zero-order chi connectivity index (χ0) is 18.6. The summed E-state index contributed by atoms with van der Waals surface area (Å²) < 4.78 is 1.74. The molecule has 2 aromatic heterocycles. The first-order valence-electron chi connectivity index (χ1n) is 9.34. The van der Waals surface area contributed by atoms with Crippen molar-refractivity contribution in [2.45, 2.75) is 39.7 Å². The Morgan fingerprint density at radius 3 is 2.78 bits per heavy atom. The van der Waals surface area contributed by atoms with Crippen molar-refractivity contribution >= 4 is 29.9 Å². The average molecular weight is 486 g/mol. The van der Waals surface area contributed by atoms with Gasteiger partial charge in [0.25, 0.3) is 0 Å². The number of nitrogens with one attached hydrogen (secondary N) is 2. The number of rotatable bonds is 10. The van der Waals surface area contributed by atoms with E-state index in [0.717, 1.165) is 49.7 Å². The monoisotopic (exact) mass is 486 g/mol. The topological polar surface area (TPSA) is 87.4 Å². The van der Waals surface area contributed by atoms with Gasteiger partial charge in [-0.25, -0.2) is 14.7 Å². The van der Waals surface area contributed by atoms with E-state index in [1.807, 2.05) is 24.4 Å². The van der Waals surface area contributed by atoms with Crippen LogP contribution in [0, 0.1) is 5.92 Å². The number of hydrogen-bond donors (Lipinski definition) is 3. The Kier molecular flexibility index (Phi) is 11.7. The van der Waals surface area contributed by atoms with Crippen LogP contribution in [0.3, 0.4) is 0 Å². The van der Waals surface area contributed by atoms with Gasteiger partial charge in [0.15, 0.2) is 11.8 Å². The molecule has 0 amide bonds. The fourth-order valence-corrected chi connectivity index (χ4v) is 2.78. The highest BCUT2D eigenvalue weighted by Gasteiger charge is 2.08. The number of aromatic nitrogens is 3. The fraction of sp³-hybridized carbons (Fsp3) is 0.526. The molecular formula is C19H31IN6O. The lowest BCUT2D eigenvalue weighted by Crippen LogP contribution is -2.40. The minimum atomic E-state index is 0. The minimum absolute atomic E-state index is 0. The summed E-state index contributed by atoms with van der Waals surface area (Å²) in [7, 11) is 0. The highest BCUT2D eigenvalue weighted by atomic mass is 127. The van der Waals surface area contributed by atoms with Crippen LogP contribution in [-0.2, 0) is 6.54 Å². The van der Waals surface area contributed by atoms with Gasteiger partial charge in [-0.2, -0.15) is 5.10 Å². The van der Waals surface area contributed by atoms with Crippen LogP contribution in [0.4, 0.5) is 0 Å². The third kappa shape index (κ3) is 8.25. The van der Waals surface area contributed by atoms with E-state index in [-0.39, 0.29) is 30.6 Å². The summed E-state index contributed by atoms with van der Waals surface area (Å²) in [6.45, 7) is 6.63. The van der Waals surface area contributed by atoms with Gasteiger partial charge in [-0.1, -0.05) is 13.3 Å². The van der Waals surface area contributed by atoms with E-state index in [0.29, 0.717) is 12.5 Å². The van der Waals surface area contributed by atoms with Crippen LogP contribution >= 0.6 is 24.0 Å². The van der Waals surface area contributed by atoms with Gasteiger partial charge in [0.05, 0.1) is 6.54 Å². The van der Waals surface area contributed by atoms with Crippen molar-refractivity contribution in [3.8, 4) is 5.82 Å². The maximum Gasteiger partial charge on any atom is 0.191 e. The SMILES string of the molecule is CCCC(CCO)CNC(=NCc1ccnc(-n2cccn2)c1)NCC.I. The maximum atomic E-state index is 9.20. The molecule has 27 heavy (non-hydrogen) atoms. The molecule has 0 radical (unpaired) electrons. The molecule has 0 aromatic carbocycles. The van der Waals surface area contributed by atoms with Crippen molar-refractivity contribution in [1.29, 1.82) is 0 Å². The molecule has 0 spiro atoms. The van der Waals surface area contributed by atoms with Gasteiger partial charge >= 0.3 is 0 Å². The Morgan fingerprint density at radius 1 is 1.26 bits per heavy atom. The lowest BCUT2D eigenvalue weighted by atomic mass is 10.0. The summed E-state index contributed by atoms with van der Waals surface area (Å²) in [5.74, 6) is 2.04. The molecule has 2 heterocycles. The van der Waals surface area contributed by atoms with Crippen LogP contribution in [-0.4, -0.2) is 45.5 Å². The summed E-state index contributed by atoms with van der Waals surface area (Å²) in [5.41, 5.74) is 1.07. The van der Waals surface area contributed by atoms with Crippen molar-refractivity contribution in [3.05, 3.63) is 42.4 Å². The van der Waals surface area contributed by atoms with Crippen molar-refractivity contribution in [1.82, 2.24) is 25.4 Å². The van der Waals surface area contributed by atoms with Crippen molar-refractivity contribution in [2.24, 2.45) is 10.9 Å². The van der Waals surface area contributed by atoms with Crippen molar-refractivity contribution in [2.75, 3.05) is 19.7 Å². The van der Waals surface area contributed by atoms with E-state index in [1.165, 1.54) is 0 Å². The first-order chi connectivity index (χ1) is 12.8. The van der Waals surface area contributed by atoms with Gasteiger partial charge in [-0.05, 0) is 49.4 Å². The number of aliphatic imine (C=N–C) groups is 1. The molecule has 0 bridgehead atoms. The number of aliphatic hydroxyl groups excluding tert-OH is 1. The van der Waals surface area contributed by atoms with Crippen LogP contribution in [0.5, 0.6) is 0 Å². The molecule has 0 aliphatic rings. The van der Waals surface area contributed by atoms with Crippen LogP contribution < -0.4 is 10.6 Å². The van der Waals surface area contributed by atoms with Crippen LogP contribution in [0.1, 0.15) is 38.7 Å². The average Bonchev–Trinajstić information content (AvgIpc) is 3.19. The number of hydrogen-bond acceptors (Lipinski definition) is 4. The fourth-order valence-electron chi connectivity index (χ4n) is 2.78. The van der Waals surface area contributed by atoms with Crippen molar-refractivity contribution < 1.29 is 5.11 Å². The van der Waals surface area contributed by atoms with Gasteiger partial charge in [-0.3, -0.25) is 0 Å². The van der Waals surface area contributed by atoms with E-state index in [9.17, 15) is 5.11 Å². The van der Waals surface area contributed by atoms with E-state index >= 15 is 0 Å². The summed E-state index contributed by atoms with van der Waals surface area (Å²) in [6.07, 6.45) is 8.42. The number of halogens is 1. The lowest BCUT2D eigenvalue weighted by Gasteiger charge is -2.18. The summed E-state index contributed by atoms with van der Waals surface area (Å²) in [4.78, 5) is 9.02. The molecule has 0 aliphatic heterocycles. The normalized spacial score (nSPS) is 12.3. The highest BCUT2D eigenvalue weighted by molar-refractivity contribution is 14.0. The van der Waals surface area contributed by atoms with Crippen molar-refractivity contribution in [3.63, 3.8) is 0 Å². The molecule has 3 N–H and O–H groups in total. The molecule has 2 aromatic rings. The molecule has 0 saturated heterocycles. The van der Waals surface area contributed by atoms with Crippen LogP contribution in [0.25, 0.3) is 5.82 Å². The Morgan fingerprint density at radius 2 is 2.11 bits per heavy atom. The number of nitrogens with zero attached hydrogens (tertiary/aromatic N) is 4. The Bertz CT molecular complexity index is 656. The molecule has 8 heteroatoms. The molecule has 1 atom stereocenters. The van der Waals surface area contributed by atoms with E-state index in [1.54, 1.807) is 17.1 Å². The predicted octanol–water partition coefficient (Wildman–Crippen LogP) is 2.74. The van der Waals surface area contributed by atoms with Gasteiger partial charge < -0.3 is 15.7 Å². The zero-order valence-electron chi connectivity index (χ0n) is 16.1. The molecular weight excluding hydrogens is 455 g/mol. The number of guanidine groups is 1. The quantitative estimate of drug-likeness (QED) is 0.273. The first kappa shape index (κ1) is 23.4.